The lowest BCUT2D eigenvalue weighted by Crippen LogP contribution is -2.05. The van der Waals surface area contributed by atoms with Crippen LogP contribution < -0.4 is 0 Å². The summed E-state index contributed by atoms with van der Waals surface area (Å²) in [6.45, 7) is 0. The maximum atomic E-state index is 11.5. The molecule has 1 aliphatic rings. The third-order valence-corrected chi connectivity index (χ3v) is 6.29. The molecule has 2 aromatic carbocycles. The molecular weight excluding hydrogens is 382 g/mol. The first-order chi connectivity index (χ1) is 14.0. The van der Waals surface area contributed by atoms with Gasteiger partial charge in [0.15, 0.2) is 9.84 Å². The normalized spacial score (nSPS) is 16.2. The van der Waals surface area contributed by atoms with Gasteiger partial charge in [-0.25, -0.2) is 13.4 Å². The number of hydrogen-bond donors (Lipinski definition) is 0. The molecule has 0 bridgehead atoms. The van der Waals surface area contributed by atoms with Crippen molar-refractivity contribution in [2.45, 2.75) is 24.6 Å². The highest BCUT2D eigenvalue weighted by atomic mass is 32.2. The molecule has 6 heteroatoms. The molecule has 3 heterocycles. The van der Waals surface area contributed by atoms with E-state index >= 15 is 0 Å². The van der Waals surface area contributed by atoms with Gasteiger partial charge in [0.05, 0.1) is 28.5 Å². The van der Waals surface area contributed by atoms with Crippen molar-refractivity contribution >= 4 is 20.9 Å². The number of aromatic nitrogens is 3. The molecule has 0 amide bonds. The number of nitrogens with zero attached hydrogens (tertiary/aromatic N) is 3. The van der Waals surface area contributed by atoms with Gasteiger partial charge in [0.25, 0.3) is 0 Å². The van der Waals surface area contributed by atoms with Crippen molar-refractivity contribution in [3.8, 4) is 11.1 Å². The number of sulfone groups is 1. The van der Waals surface area contributed by atoms with E-state index < -0.39 is 9.84 Å². The van der Waals surface area contributed by atoms with Gasteiger partial charge in [-0.15, -0.1) is 0 Å². The minimum absolute atomic E-state index is 0.0405. The Balaban J connectivity index is 1.54. The Morgan fingerprint density at radius 1 is 1.03 bits per heavy atom. The van der Waals surface area contributed by atoms with Crippen molar-refractivity contribution in [2.24, 2.45) is 0 Å². The molecule has 0 unspecified atom stereocenters. The number of benzene rings is 2. The molecule has 1 atom stereocenters. The van der Waals surface area contributed by atoms with Crippen LogP contribution in [0.15, 0.2) is 66.9 Å². The highest BCUT2D eigenvalue weighted by Gasteiger charge is 2.27. The van der Waals surface area contributed by atoms with Crippen LogP contribution in [0.5, 0.6) is 0 Å². The summed E-state index contributed by atoms with van der Waals surface area (Å²) < 4.78 is 25.3. The second-order valence-corrected chi connectivity index (χ2v) is 9.82. The fourth-order valence-electron chi connectivity index (χ4n) is 4.18. The highest BCUT2D eigenvalue weighted by Crippen LogP contribution is 2.36. The van der Waals surface area contributed by atoms with Gasteiger partial charge < -0.3 is 4.57 Å². The van der Waals surface area contributed by atoms with E-state index in [1.165, 1.54) is 11.8 Å². The Labute approximate surface area is 170 Å². The van der Waals surface area contributed by atoms with E-state index in [2.05, 4.69) is 52.0 Å². The van der Waals surface area contributed by atoms with Crippen LogP contribution in [0.25, 0.3) is 22.2 Å². The fraction of sp³-hybridized carbons (Fsp3) is 0.217. The third kappa shape index (κ3) is 3.44. The first-order valence-electron chi connectivity index (χ1n) is 9.67. The number of hydrogen-bond acceptors (Lipinski definition) is 4. The van der Waals surface area contributed by atoms with Crippen molar-refractivity contribution < 1.29 is 8.42 Å². The predicted octanol–water partition coefficient (Wildman–Crippen LogP) is 4.18. The molecule has 29 heavy (non-hydrogen) atoms. The zero-order valence-electron chi connectivity index (χ0n) is 16.1. The topological polar surface area (TPSA) is 64.8 Å². The van der Waals surface area contributed by atoms with E-state index in [0.717, 1.165) is 40.8 Å². The molecule has 5 nitrogen and oxygen atoms in total. The average molecular weight is 404 g/mol. The number of pyridine rings is 1. The summed E-state index contributed by atoms with van der Waals surface area (Å²) in [5.74, 6) is 1.09. The van der Waals surface area contributed by atoms with Gasteiger partial charge in [-0.3, -0.25) is 4.98 Å². The molecule has 0 aliphatic carbocycles. The van der Waals surface area contributed by atoms with Gasteiger partial charge in [-0.05, 0) is 35.7 Å². The predicted molar refractivity (Wildman–Crippen MR) is 114 cm³/mol. The minimum Gasteiger partial charge on any atom is -0.320 e. The monoisotopic (exact) mass is 403 g/mol. The van der Waals surface area contributed by atoms with Gasteiger partial charge in [0, 0.05) is 24.4 Å². The van der Waals surface area contributed by atoms with Crippen LogP contribution in [0.2, 0.25) is 0 Å². The molecule has 0 fully saturated rings. The first kappa shape index (κ1) is 18.1. The van der Waals surface area contributed by atoms with E-state index in [1.54, 1.807) is 12.3 Å². The summed E-state index contributed by atoms with van der Waals surface area (Å²) in [5.41, 5.74) is 6.02. The standard InChI is InChI=1S/C23H21N3O2S/c1-29(27,28)15-19-9-7-18(14-24-19)17-8-10-20-22(13-17)26-21(11-12-23(26)25-20)16-5-3-2-4-6-16/h2-10,13-14,21H,11-12,15H2,1H3/t21-/m1/s1. The molecule has 0 saturated heterocycles. The Morgan fingerprint density at radius 3 is 2.55 bits per heavy atom. The molecule has 2 aromatic heterocycles. The fourth-order valence-corrected chi connectivity index (χ4v) is 4.89. The van der Waals surface area contributed by atoms with Crippen LogP contribution in [-0.4, -0.2) is 29.2 Å². The van der Waals surface area contributed by atoms with Crippen LogP contribution >= 0.6 is 0 Å². The van der Waals surface area contributed by atoms with Gasteiger partial charge in [-0.1, -0.05) is 42.5 Å². The summed E-state index contributed by atoms with van der Waals surface area (Å²) in [4.78, 5) is 9.18. The molecule has 4 aromatic rings. The van der Waals surface area contributed by atoms with E-state index in [0.29, 0.717) is 11.7 Å². The van der Waals surface area contributed by atoms with Crippen molar-refractivity contribution in [1.29, 1.82) is 0 Å². The van der Waals surface area contributed by atoms with Crippen LogP contribution in [0, 0.1) is 0 Å². The van der Waals surface area contributed by atoms with Crippen molar-refractivity contribution in [3.63, 3.8) is 0 Å². The van der Waals surface area contributed by atoms with E-state index in [-0.39, 0.29) is 5.75 Å². The molecular formula is C23H21N3O2S. The minimum atomic E-state index is -3.09. The van der Waals surface area contributed by atoms with Gasteiger partial charge in [0.2, 0.25) is 0 Å². The lowest BCUT2D eigenvalue weighted by molar-refractivity contribution is 0.600. The van der Waals surface area contributed by atoms with Gasteiger partial charge in [-0.2, -0.15) is 0 Å². The quantitative estimate of drug-likeness (QED) is 0.513. The number of imidazole rings is 1. The summed E-state index contributed by atoms with van der Waals surface area (Å²) in [6.07, 6.45) is 5.01. The van der Waals surface area contributed by atoms with Crippen LogP contribution in [0.3, 0.4) is 0 Å². The van der Waals surface area contributed by atoms with Gasteiger partial charge >= 0.3 is 0 Å². The van der Waals surface area contributed by atoms with Crippen molar-refractivity contribution in [1.82, 2.24) is 14.5 Å². The molecule has 1 aliphatic heterocycles. The summed E-state index contributed by atoms with van der Waals surface area (Å²) in [5, 5.41) is 0. The average Bonchev–Trinajstić information content (AvgIpc) is 3.27. The first-order valence-corrected chi connectivity index (χ1v) is 11.7. The largest absolute Gasteiger partial charge is 0.320 e. The van der Waals surface area contributed by atoms with Crippen molar-refractivity contribution in [3.05, 3.63) is 83.9 Å². The van der Waals surface area contributed by atoms with E-state index in [9.17, 15) is 8.42 Å². The molecule has 0 radical (unpaired) electrons. The molecule has 0 N–H and O–H groups in total. The van der Waals surface area contributed by atoms with Crippen LogP contribution in [-0.2, 0) is 22.0 Å². The molecule has 0 saturated carbocycles. The molecule has 0 spiro atoms. The zero-order valence-corrected chi connectivity index (χ0v) is 16.9. The third-order valence-electron chi connectivity index (χ3n) is 5.47. The Kier molecular flexibility index (Phi) is 4.24. The number of rotatable bonds is 4. The van der Waals surface area contributed by atoms with Crippen LogP contribution in [0.1, 0.15) is 29.5 Å². The Hall–Kier alpha value is -2.99. The lowest BCUT2D eigenvalue weighted by atomic mass is 10.0. The van der Waals surface area contributed by atoms with Gasteiger partial charge in [0.1, 0.15) is 5.82 Å². The SMILES string of the molecule is CS(=O)(=O)Cc1ccc(-c2ccc3nc4n(c3c2)[C@@H](c2ccccc2)CC4)cn1. The lowest BCUT2D eigenvalue weighted by Gasteiger charge is -2.15. The van der Waals surface area contributed by atoms with Crippen LogP contribution in [0.4, 0.5) is 0 Å². The van der Waals surface area contributed by atoms with Crippen molar-refractivity contribution in [2.75, 3.05) is 6.26 Å². The second kappa shape index (κ2) is 6.81. The Morgan fingerprint density at radius 2 is 1.83 bits per heavy atom. The number of fused-ring (bicyclic) bond motifs is 3. The summed E-state index contributed by atoms with van der Waals surface area (Å²) in [6, 6.07) is 20.9. The molecule has 146 valence electrons. The maximum Gasteiger partial charge on any atom is 0.153 e. The maximum absolute atomic E-state index is 11.5. The smallest absolute Gasteiger partial charge is 0.153 e. The second-order valence-electron chi connectivity index (χ2n) is 7.67. The zero-order chi connectivity index (χ0) is 20.0. The number of aryl methyl sites for hydroxylation is 1. The summed E-state index contributed by atoms with van der Waals surface area (Å²) >= 11 is 0. The summed E-state index contributed by atoms with van der Waals surface area (Å²) in [7, 11) is -3.09. The van der Waals surface area contributed by atoms with E-state index in [1.807, 2.05) is 12.1 Å². The highest BCUT2D eigenvalue weighted by molar-refractivity contribution is 7.89. The Bertz CT molecular complexity index is 1290. The molecule has 5 rings (SSSR count). The van der Waals surface area contributed by atoms with E-state index in [4.69, 9.17) is 4.98 Å².